The van der Waals surface area contributed by atoms with Gasteiger partial charge >= 0.3 is 0 Å². The molecule has 27 heavy (non-hydrogen) atoms. The van der Waals surface area contributed by atoms with Crippen molar-refractivity contribution >= 4 is 28.9 Å². The molecule has 0 spiro atoms. The summed E-state index contributed by atoms with van der Waals surface area (Å²) in [6.45, 7) is 0. The Balaban J connectivity index is 1.64. The Morgan fingerprint density at radius 3 is 2.33 bits per heavy atom. The van der Waals surface area contributed by atoms with Crippen LogP contribution in [-0.2, 0) is 14.4 Å². The number of carbonyl (C=O) groups is 2. The second-order valence-corrected chi connectivity index (χ2v) is 5.99. The Morgan fingerprint density at radius 2 is 1.74 bits per heavy atom. The van der Waals surface area contributed by atoms with Crippen LogP contribution in [0.25, 0.3) is 0 Å². The maximum Gasteiger partial charge on any atom is 0.278 e. The molecule has 0 aromatic heterocycles. The van der Waals surface area contributed by atoms with Crippen LogP contribution < -0.4 is 9.64 Å². The minimum atomic E-state index is -1.04. The highest BCUT2D eigenvalue weighted by molar-refractivity contribution is 6.32. The minimum absolute atomic E-state index is 0.0801. The predicted molar refractivity (Wildman–Crippen MR) is 93.5 cm³/mol. The molecule has 2 amide bonds. The number of nitro benzene ring substituents is 1. The molecule has 2 aromatic carbocycles. The van der Waals surface area contributed by atoms with E-state index in [2.05, 4.69) is 5.16 Å². The van der Waals surface area contributed by atoms with Gasteiger partial charge in [-0.05, 0) is 36.4 Å². The fourth-order valence-electron chi connectivity index (χ4n) is 3.16. The first-order valence-corrected chi connectivity index (χ1v) is 8.01. The van der Waals surface area contributed by atoms with Gasteiger partial charge in [-0.2, -0.15) is 0 Å². The van der Waals surface area contributed by atoms with Gasteiger partial charge in [0.15, 0.2) is 0 Å². The van der Waals surface area contributed by atoms with Gasteiger partial charge in [0.2, 0.25) is 12.0 Å². The van der Waals surface area contributed by atoms with Crippen LogP contribution in [-0.4, -0.2) is 35.7 Å². The number of nitrogens with zero attached hydrogens (tertiary/aromatic N) is 3. The number of hydrogen-bond acceptors (Lipinski definition) is 7. The lowest BCUT2D eigenvalue weighted by molar-refractivity contribution is -0.384. The minimum Gasteiger partial charge on any atom is -0.497 e. The van der Waals surface area contributed by atoms with E-state index in [0.29, 0.717) is 17.0 Å². The summed E-state index contributed by atoms with van der Waals surface area (Å²) >= 11 is 0. The van der Waals surface area contributed by atoms with Crippen molar-refractivity contribution in [1.82, 2.24) is 0 Å². The largest absolute Gasteiger partial charge is 0.497 e. The van der Waals surface area contributed by atoms with E-state index in [4.69, 9.17) is 9.57 Å². The summed E-state index contributed by atoms with van der Waals surface area (Å²) in [4.78, 5) is 42.1. The Hall–Kier alpha value is -3.75. The van der Waals surface area contributed by atoms with E-state index >= 15 is 0 Å². The van der Waals surface area contributed by atoms with Crippen LogP contribution >= 0.6 is 0 Å². The number of non-ortho nitro benzene ring substituents is 1. The van der Waals surface area contributed by atoms with E-state index in [0.717, 1.165) is 4.90 Å². The third-order valence-corrected chi connectivity index (χ3v) is 4.52. The lowest BCUT2D eigenvalue weighted by atomic mass is 9.94. The molecule has 4 rings (SSSR count). The van der Waals surface area contributed by atoms with E-state index in [1.54, 1.807) is 24.3 Å². The number of fused-ring (bicyclic) bond motifs is 1. The fraction of sp³-hybridized carbons (Fsp3) is 0.167. The van der Waals surface area contributed by atoms with Crippen LogP contribution in [0.5, 0.6) is 5.75 Å². The number of rotatable bonds is 4. The lowest BCUT2D eigenvalue weighted by Gasteiger charge is -2.15. The summed E-state index contributed by atoms with van der Waals surface area (Å²) in [6, 6.07) is 12.1. The maximum atomic E-state index is 12.9. The molecule has 2 aliphatic rings. The number of methoxy groups -OCH3 is 1. The molecule has 136 valence electrons. The van der Waals surface area contributed by atoms with E-state index in [-0.39, 0.29) is 11.4 Å². The summed E-state index contributed by atoms with van der Waals surface area (Å²) in [6.07, 6.45) is -1.04. The Bertz CT molecular complexity index is 968. The lowest BCUT2D eigenvalue weighted by Crippen LogP contribution is -2.33. The molecular formula is C18H13N3O6. The number of benzene rings is 2. The van der Waals surface area contributed by atoms with Crippen molar-refractivity contribution in [1.29, 1.82) is 0 Å². The van der Waals surface area contributed by atoms with Crippen LogP contribution in [0, 0.1) is 16.0 Å². The van der Waals surface area contributed by atoms with Crippen molar-refractivity contribution < 1.29 is 24.1 Å². The summed E-state index contributed by atoms with van der Waals surface area (Å²) in [7, 11) is 1.52. The van der Waals surface area contributed by atoms with Crippen molar-refractivity contribution in [2.45, 2.75) is 6.10 Å². The van der Waals surface area contributed by atoms with Crippen LogP contribution in [0.3, 0.4) is 0 Å². The zero-order valence-corrected chi connectivity index (χ0v) is 14.1. The van der Waals surface area contributed by atoms with Crippen LogP contribution in [0.15, 0.2) is 53.7 Å². The second-order valence-electron chi connectivity index (χ2n) is 5.99. The highest BCUT2D eigenvalue weighted by Crippen LogP contribution is 2.35. The Kier molecular flexibility index (Phi) is 3.84. The molecule has 0 bridgehead atoms. The molecule has 1 saturated heterocycles. The smallest absolute Gasteiger partial charge is 0.278 e. The Labute approximate surface area is 152 Å². The summed E-state index contributed by atoms with van der Waals surface area (Å²) in [5.74, 6) is -1.25. The molecule has 0 saturated carbocycles. The van der Waals surface area contributed by atoms with Gasteiger partial charge in [0, 0.05) is 17.7 Å². The third-order valence-electron chi connectivity index (χ3n) is 4.52. The molecule has 0 unspecified atom stereocenters. The summed E-state index contributed by atoms with van der Waals surface area (Å²) in [5.41, 5.74) is 1.10. The van der Waals surface area contributed by atoms with Crippen molar-refractivity contribution in [2.75, 3.05) is 12.0 Å². The average molecular weight is 367 g/mol. The number of ether oxygens (including phenoxy) is 1. The highest BCUT2D eigenvalue weighted by Gasteiger charge is 2.56. The fourth-order valence-corrected chi connectivity index (χ4v) is 3.16. The second kappa shape index (κ2) is 6.20. The molecule has 9 heteroatoms. The van der Waals surface area contributed by atoms with Gasteiger partial charge in [0.1, 0.15) is 17.4 Å². The number of amides is 2. The van der Waals surface area contributed by atoms with Gasteiger partial charge in [-0.1, -0.05) is 5.16 Å². The van der Waals surface area contributed by atoms with E-state index in [9.17, 15) is 19.7 Å². The van der Waals surface area contributed by atoms with Crippen LogP contribution in [0.2, 0.25) is 0 Å². The van der Waals surface area contributed by atoms with Crippen molar-refractivity contribution in [3.8, 4) is 5.75 Å². The van der Waals surface area contributed by atoms with Gasteiger partial charge in [-0.25, -0.2) is 4.90 Å². The van der Waals surface area contributed by atoms with Crippen molar-refractivity contribution in [2.24, 2.45) is 11.1 Å². The predicted octanol–water partition coefficient (Wildman–Crippen LogP) is 1.90. The van der Waals surface area contributed by atoms with Crippen LogP contribution in [0.4, 0.5) is 11.4 Å². The standard InChI is InChI=1S/C18H13N3O6/c1-26-13-8-6-11(7-9-13)20-17(22)14-15(19-27-16(14)18(20)23)10-2-4-12(5-3-10)21(24)25/h2-9,14,16H,1H3/t14-,16-/m1/s1. The zero-order chi connectivity index (χ0) is 19.1. The SMILES string of the molecule is COc1ccc(N2C(=O)[C@@H]3C(c4ccc([N+](=O)[O-])cc4)=NO[C@H]3C2=O)cc1. The number of nitro groups is 1. The molecule has 1 fully saturated rings. The molecule has 2 aromatic rings. The van der Waals surface area contributed by atoms with E-state index in [1.807, 2.05) is 0 Å². The quantitative estimate of drug-likeness (QED) is 0.463. The molecule has 9 nitrogen and oxygen atoms in total. The molecule has 2 atom stereocenters. The highest BCUT2D eigenvalue weighted by atomic mass is 16.7. The monoisotopic (exact) mass is 367 g/mol. The number of oxime groups is 1. The van der Waals surface area contributed by atoms with Gasteiger partial charge in [-0.15, -0.1) is 0 Å². The first-order valence-electron chi connectivity index (χ1n) is 8.01. The number of hydrogen-bond donors (Lipinski definition) is 0. The molecular weight excluding hydrogens is 354 g/mol. The first kappa shape index (κ1) is 16.7. The molecule has 0 N–H and O–H groups in total. The van der Waals surface area contributed by atoms with E-state index in [1.165, 1.54) is 31.4 Å². The first-order chi connectivity index (χ1) is 13.0. The van der Waals surface area contributed by atoms with Gasteiger partial charge in [0.05, 0.1) is 17.7 Å². The average Bonchev–Trinajstić information content (AvgIpc) is 3.22. The number of imide groups is 1. The molecule has 2 heterocycles. The summed E-state index contributed by atoms with van der Waals surface area (Å²) in [5, 5.41) is 14.7. The van der Waals surface area contributed by atoms with Crippen LogP contribution in [0.1, 0.15) is 5.56 Å². The molecule has 0 aliphatic carbocycles. The maximum absolute atomic E-state index is 12.9. The number of anilines is 1. The zero-order valence-electron chi connectivity index (χ0n) is 14.1. The van der Waals surface area contributed by atoms with Crippen molar-refractivity contribution in [3.63, 3.8) is 0 Å². The normalized spacial score (nSPS) is 20.9. The Morgan fingerprint density at radius 1 is 1.07 bits per heavy atom. The van der Waals surface area contributed by atoms with E-state index < -0.39 is 28.8 Å². The van der Waals surface area contributed by atoms with Gasteiger partial charge in [-0.3, -0.25) is 19.7 Å². The summed E-state index contributed by atoms with van der Waals surface area (Å²) < 4.78 is 5.08. The topological polar surface area (TPSA) is 111 Å². The third kappa shape index (κ3) is 2.60. The van der Waals surface area contributed by atoms with Crippen molar-refractivity contribution in [3.05, 3.63) is 64.2 Å². The van der Waals surface area contributed by atoms with Gasteiger partial charge in [0.25, 0.3) is 11.6 Å². The molecule has 2 aliphatic heterocycles. The number of carbonyl (C=O) groups excluding carboxylic acids is 2. The molecule has 0 radical (unpaired) electrons. The van der Waals surface area contributed by atoms with Gasteiger partial charge < -0.3 is 9.57 Å².